The first-order chi connectivity index (χ1) is 16.2. The van der Waals surface area contributed by atoms with Crippen LogP contribution in [0.3, 0.4) is 0 Å². The molecule has 0 aliphatic rings. The maximum absolute atomic E-state index is 13.4. The van der Waals surface area contributed by atoms with E-state index in [1.54, 1.807) is 4.57 Å². The SMILES string of the molecule is CCCCCCCCn1c(=O)c(OCc2ccccc2)c(O)c2ccc(OCCCC)cc21. The largest absolute Gasteiger partial charge is 0.504 e. The molecule has 0 aliphatic heterocycles. The second-order valence-corrected chi connectivity index (χ2v) is 8.56. The molecule has 0 amide bonds. The number of hydrogen-bond donors (Lipinski definition) is 1. The van der Waals surface area contributed by atoms with Gasteiger partial charge in [0, 0.05) is 18.0 Å². The van der Waals surface area contributed by atoms with Crippen molar-refractivity contribution in [1.29, 1.82) is 0 Å². The molecule has 3 rings (SSSR count). The van der Waals surface area contributed by atoms with Crippen LogP contribution in [0.4, 0.5) is 0 Å². The number of benzene rings is 2. The van der Waals surface area contributed by atoms with E-state index in [0.717, 1.165) is 31.2 Å². The Morgan fingerprint density at radius 1 is 0.848 bits per heavy atom. The monoisotopic (exact) mass is 451 g/mol. The second-order valence-electron chi connectivity index (χ2n) is 8.56. The average molecular weight is 452 g/mol. The summed E-state index contributed by atoms with van der Waals surface area (Å²) in [5.41, 5.74) is 1.33. The van der Waals surface area contributed by atoms with Gasteiger partial charge in [-0.05, 0) is 30.5 Å². The van der Waals surface area contributed by atoms with Crippen LogP contribution in [0.2, 0.25) is 0 Å². The number of unbranched alkanes of at least 4 members (excludes halogenated alkanes) is 6. The van der Waals surface area contributed by atoms with Gasteiger partial charge in [0.1, 0.15) is 12.4 Å². The maximum atomic E-state index is 13.4. The van der Waals surface area contributed by atoms with Gasteiger partial charge in [-0.3, -0.25) is 4.79 Å². The molecule has 5 heteroatoms. The number of aromatic hydroxyl groups is 1. The number of hydrogen-bond acceptors (Lipinski definition) is 4. The number of aryl methyl sites for hydroxylation is 1. The molecular weight excluding hydrogens is 414 g/mol. The number of fused-ring (bicyclic) bond motifs is 1. The third kappa shape index (κ3) is 6.77. The van der Waals surface area contributed by atoms with Crippen molar-refractivity contribution in [2.45, 2.75) is 78.4 Å². The molecule has 33 heavy (non-hydrogen) atoms. The lowest BCUT2D eigenvalue weighted by atomic mass is 10.1. The Kier molecular flexibility index (Phi) is 9.67. The minimum absolute atomic E-state index is 0.0111. The van der Waals surface area contributed by atoms with Gasteiger partial charge in [-0.2, -0.15) is 0 Å². The molecular formula is C28H37NO4. The number of nitrogens with zero attached hydrogens (tertiary/aromatic N) is 1. The van der Waals surface area contributed by atoms with Gasteiger partial charge in [0.15, 0.2) is 5.75 Å². The molecule has 0 bridgehead atoms. The Balaban J connectivity index is 1.90. The highest BCUT2D eigenvalue weighted by molar-refractivity contribution is 5.88. The predicted octanol–water partition coefficient (Wildman–Crippen LogP) is 6.83. The Morgan fingerprint density at radius 3 is 2.33 bits per heavy atom. The van der Waals surface area contributed by atoms with E-state index in [-0.39, 0.29) is 23.7 Å². The summed E-state index contributed by atoms with van der Waals surface area (Å²) in [6.45, 7) is 5.77. The van der Waals surface area contributed by atoms with Crippen LogP contribution in [-0.2, 0) is 13.2 Å². The normalized spacial score (nSPS) is 11.1. The van der Waals surface area contributed by atoms with Crippen LogP contribution in [0.15, 0.2) is 53.3 Å². The van der Waals surface area contributed by atoms with Crippen LogP contribution in [0, 0.1) is 0 Å². The molecule has 0 atom stereocenters. The summed E-state index contributed by atoms with van der Waals surface area (Å²) < 4.78 is 13.5. The van der Waals surface area contributed by atoms with Crippen LogP contribution in [0.25, 0.3) is 10.9 Å². The van der Waals surface area contributed by atoms with Gasteiger partial charge in [0.2, 0.25) is 5.75 Å². The summed E-state index contributed by atoms with van der Waals surface area (Å²) in [4.78, 5) is 13.4. The van der Waals surface area contributed by atoms with Gasteiger partial charge in [0.25, 0.3) is 5.56 Å². The zero-order chi connectivity index (χ0) is 23.5. The predicted molar refractivity (Wildman–Crippen MR) is 134 cm³/mol. The molecule has 0 saturated carbocycles. The molecule has 1 aromatic heterocycles. The minimum atomic E-state index is -0.296. The quantitative estimate of drug-likeness (QED) is 0.273. The average Bonchev–Trinajstić information content (AvgIpc) is 2.83. The van der Waals surface area contributed by atoms with E-state index in [1.807, 2.05) is 48.5 Å². The second kappa shape index (κ2) is 12.9. The fourth-order valence-electron chi connectivity index (χ4n) is 3.95. The molecule has 0 spiro atoms. The van der Waals surface area contributed by atoms with Gasteiger partial charge < -0.3 is 19.1 Å². The Hall–Kier alpha value is -2.95. The van der Waals surface area contributed by atoms with E-state index in [1.165, 1.54) is 25.7 Å². The van der Waals surface area contributed by atoms with E-state index in [9.17, 15) is 9.90 Å². The zero-order valence-corrected chi connectivity index (χ0v) is 20.0. The van der Waals surface area contributed by atoms with Crippen LogP contribution in [0.5, 0.6) is 17.2 Å². The Morgan fingerprint density at radius 2 is 1.58 bits per heavy atom. The van der Waals surface area contributed by atoms with Crippen molar-refractivity contribution in [2.75, 3.05) is 6.61 Å². The molecule has 1 heterocycles. The molecule has 0 unspecified atom stereocenters. The van der Waals surface area contributed by atoms with E-state index in [0.29, 0.717) is 29.8 Å². The first-order valence-electron chi connectivity index (χ1n) is 12.3. The Labute approximate surface area is 197 Å². The fraction of sp³-hybridized carbons (Fsp3) is 0.464. The molecule has 1 N–H and O–H groups in total. The molecule has 0 radical (unpaired) electrons. The van der Waals surface area contributed by atoms with Crippen LogP contribution >= 0.6 is 0 Å². The van der Waals surface area contributed by atoms with E-state index >= 15 is 0 Å². The van der Waals surface area contributed by atoms with Crippen LogP contribution in [-0.4, -0.2) is 16.3 Å². The van der Waals surface area contributed by atoms with Gasteiger partial charge in [-0.25, -0.2) is 0 Å². The van der Waals surface area contributed by atoms with Crippen molar-refractivity contribution in [3.8, 4) is 17.2 Å². The number of aromatic nitrogens is 1. The summed E-state index contributed by atoms with van der Waals surface area (Å²) in [7, 11) is 0. The van der Waals surface area contributed by atoms with Crippen molar-refractivity contribution in [2.24, 2.45) is 0 Å². The standard InChI is InChI=1S/C28H37NO4/c1-3-5-7-8-9-13-18-29-25-20-23(32-19-6-4-2)16-17-24(25)26(30)27(28(29)31)33-21-22-14-11-10-12-15-22/h10-12,14-17,20,30H,3-9,13,18-19,21H2,1-2H3. The molecule has 2 aromatic carbocycles. The summed E-state index contributed by atoms with van der Waals surface area (Å²) in [6.07, 6.45) is 8.86. The van der Waals surface area contributed by atoms with Gasteiger partial charge in [0.05, 0.1) is 12.1 Å². The summed E-state index contributed by atoms with van der Waals surface area (Å²) in [6, 6.07) is 15.2. The highest BCUT2D eigenvalue weighted by atomic mass is 16.5. The van der Waals surface area contributed by atoms with Gasteiger partial charge in [-0.15, -0.1) is 0 Å². The molecule has 178 valence electrons. The number of rotatable bonds is 14. The zero-order valence-electron chi connectivity index (χ0n) is 20.0. The first kappa shape index (κ1) is 24.7. The lowest BCUT2D eigenvalue weighted by molar-refractivity contribution is 0.283. The number of pyridine rings is 1. The Bertz CT molecular complexity index is 1060. The molecule has 0 fully saturated rings. The highest BCUT2D eigenvalue weighted by Crippen LogP contribution is 2.34. The van der Waals surface area contributed by atoms with E-state index < -0.39 is 0 Å². The summed E-state index contributed by atoms with van der Waals surface area (Å²) in [5, 5.41) is 11.5. The van der Waals surface area contributed by atoms with E-state index in [2.05, 4.69) is 13.8 Å². The van der Waals surface area contributed by atoms with Crippen molar-refractivity contribution < 1.29 is 14.6 Å². The number of ether oxygens (including phenoxy) is 2. The van der Waals surface area contributed by atoms with Crippen molar-refractivity contribution in [3.63, 3.8) is 0 Å². The molecule has 0 saturated heterocycles. The smallest absolute Gasteiger partial charge is 0.297 e. The fourth-order valence-corrected chi connectivity index (χ4v) is 3.95. The maximum Gasteiger partial charge on any atom is 0.297 e. The lowest BCUT2D eigenvalue weighted by Crippen LogP contribution is -2.23. The topological polar surface area (TPSA) is 60.7 Å². The highest BCUT2D eigenvalue weighted by Gasteiger charge is 2.18. The first-order valence-corrected chi connectivity index (χ1v) is 12.3. The molecule has 5 nitrogen and oxygen atoms in total. The van der Waals surface area contributed by atoms with Crippen molar-refractivity contribution in [3.05, 3.63) is 64.4 Å². The van der Waals surface area contributed by atoms with Crippen LogP contribution in [0.1, 0.15) is 70.8 Å². The van der Waals surface area contributed by atoms with Gasteiger partial charge >= 0.3 is 0 Å². The van der Waals surface area contributed by atoms with Crippen LogP contribution < -0.4 is 15.0 Å². The lowest BCUT2D eigenvalue weighted by Gasteiger charge is -2.17. The minimum Gasteiger partial charge on any atom is -0.504 e. The van der Waals surface area contributed by atoms with E-state index in [4.69, 9.17) is 9.47 Å². The van der Waals surface area contributed by atoms with Crippen molar-refractivity contribution >= 4 is 10.9 Å². The third-order valence-corrected chi connectivity index (χ3v) is 5.90. The van der Waals surface area contributed by atoms with Gasteiger partial charge in [-0.1, -0.05) is 82.7 Å². The molecule has 3 aromatic rings. The summed E-state index contributed by atoms with van der Waals surface area (Å²) in [5.74, 6) is 0.617. The third-order valence-electron chi connectivity index (χ3n) is 5.90. The van der Waals surface area contributed by atoms with Crippen molar-refractivity contribution in [1.82, 2.24) is 4.57 Å². The summed E-state index contributed by atoms with van der Waals surface area (Å²) >= 11 is 0. The molecule has 0 aliphatic carbocycles.